The molecule has 1 nitrogen and oxygen atoms in total. The van der Waals surface area contributed by atoms with Crippen LogP contribution in [0.25, 0.3) is 0 Å². The molecule has 1 aliphatic rings. The van der Waals surface area contributed by atoms with E-state index in [2.05, 4.69) is 0 Å². The number of hydrogen-bond acceptors (Lipinski definition) is 1. The van der Waals surface area contributed by atoms with Gasteiger partial charge in [0.25, 0.3) is 0 Å². The third-order valence-electron chi connectivity index (χ3n) is 2.14. The van der Waals surface area contributed by atoms with Gasteiger partial charge in [-0.05, 0) is 24.1 Å². The van der Waals surface area contributed by atoms with Gasteiger partial charge in [-0.3, -0.25) is 0 Å². The minimum atomic E-state index is -0.178. The zero-order chi connectivity index (χ0) is 7.84. The predicted octanol–water partition coefficient (Wildman–Crippen LogP) is 2.06. The summed E-state index contributed by atoms with van der Waals surface area (Å²) in [5.74, 6) is 0.304. The van der Waals surface area contributed by atoms with Gasteiger partial charge >= 0.3 is 0 Å². The van der Waals surface area contributed by atoms with Crippen molar-refractivity contribution >= 4 is 12.4 Å². The first-order valence-electron chi connectivity index (χ1n) is 3.78. The molecule has 1 aromatic carbocycles. The van der Waals surface area contributed by atoms with Gasteiger partial charge in [0.15, 0.2) is 0 Å². The van der Waals surface area contributed by atoms with E-state index in [-0.39, 0.29) is 18.2 Å². The lowest BCUT2D eigenvalue weighted by atomic mass is 10.1. The van der Waals surface area contributed by atoms with Crippen molar-refractivity contribution < 1.29 is 4.39 Å². The molecule has 1 aliphatic carbocycles. The topological polar surface area (TPSA) is 26.0 Å². The summed E-state index contributed by atoms with van der Waals surface area (Å²) in [5.41, 5.74) is 6.81. The highest BCUT2D eigenvalue weighted by Gasteiger charge is 2.34. The van der Waals surface area contributed by atoms with E-state index in [9.17, 15) is 4.39 Å². The summed E-state index contributed by atoms with van der Waals surface area (Å²) < 4.78 is 12.4. The highest BCUT2D eigenvalue weighted by Crippen LogP contribution is 2.38. The molecule has 0 heterocycles. The molecule has 66 valence electrons. The Hall–Kier alpha value is -0.600. The number of halogens is 2. The fourth-order valence-corrected chi connectivity index (χ4v) is 1.31. The molecule has 0 amide bonds. The first-order valence-corrected chi connectivity index (χ1v) is 3.78. The Bertz CT molecular complexity index is 260. The van der Waals surface area contributed by atoms with Crippen LogP contribution in [0.5, 0.6) is 0 Å². The average molecular weight is 188 g/mol. The lowest BCUT2D eigenvalue weighted by Crippen LogP contribution is -2.00. The molecule has 0 saturated heterocycles. The lowest BCUT2D eigenvalue weighted by Gasteiger charge is -1.96. The summed E-state index contributed by atoms with van der Waals surface area (Å²) in [6, 6.07) is 6.90. The Morgan fingerprint density at radius 2 is 1.75 bits per heavy atom. The molecule has 0 aromatic heterocycles. The molecule has 1 saturated carbocycles. The number of rotatable bonds is 1. The standard InChI is InChI=1S/C9H10FN.ClH/c10-7-3-1-6(2-4-7)8-5-9(8)11;/h1-4,8-9H,5,11H2;1H/t8-,9+;/m1./s1. The van der Waals surface area contributed by atoms with Gasteiger partial charge < -0.3 is 5.73 Å². The Kier molecular flexibility index (Phi) is 2.70. The van der Waals surface area contributed by atoms with Crippen LogP contribution in [0.15, 0.2) is 24.3 Å². The van der Waals surface area contributed by atoms with Gasteiger partial charge in [0.05, 0.1) is 0 Å². The van der Waals surface area contributed by atoms with Crippen molar-refractivity contribution in [3.05, 3.63) is 35.6 Å². The molecule has 0 bridgehead atoms. The van der Waals surface area contributed by atoms with Crippen LogP contribution < -0.4 is 5.73 Å². The summed E-state index contributed by atoms with van der Waals surface area (Å²) in [6.07, 6.45) is 1.05. The van der Waals surface area contributed by atoms with Crippen LogP contribution in [-0.2, 0) is 0 Å². The molecule has 0 spiro atoms. The van der Waals surface area contributed by atoms with Crippen LogP contribution in [0.3, 0.4) is 0 Å². The van der Waals surface area contributed by atoms with Crippen LogP contribution in [-0.4, -0.2) is 6.04 Å². The molecule has 0 unspecified atom stereocenters. The van der Waals surface area contributed by atoms with E-state index in [0.717, 1.165) is 6.42 Å². The molecule has 2 atom stereocenters. The third-order valence-corrected chi connectivity index (χ3v) is 2.14. The molecule has 2 rings (SSSR count). The average Bonchev–Trinajstić information content (AvgIpc) is 2.69. The van der Waals surface area contributed by atoms with Gasteiger partial charge in [-0.15, -0.1) is 12.4 Å². The zero-order valence-corrected chi connectivity index (χ0v) is 7.35. The Balaban J connectivity index is 0.000000720. The number of benzene rings is 1. The van der Waals surface area contributed by atoms with E-state index >= 15 is 0 Å². The largest absolute Gasteiger partial charge is 0.327 e. The SMILES string of the molecule is Cl.N[C@H]1C[C@@H]1c1ccc(F)cc1. The van der Waals surface area contributed by atoms with Crippen molar-refractivity contribution in [2.24, 2.45) is 5.73 Å². The maximum absolute atomic E-state index is 12.4. The summed E-state index contributed by atoms with van der Waals surface area (Å²) in [7, 11) is 0. The smallest absolute Gasteiger partial charge is 0.123 e. The second-order valence-corrected chi connectivity index (χ2v) is 3.06. The fourth-order valence-electron chi connectivity index (χ4n) is 1.31. The molecule has 0 radical (unpaired) electrons. The molecular formula is C9H11ClFN. The summed E-state index contributed by atoms with van der Waals surface area (Å²) in [6.45, 7) is 0. The van der Waals surface area contributed by atoms with Crippen LogP contribution >= 0.6 is 12.4 Å². The summed E-state index contributed by atoms with van der Waals surface area (Å²) in [5, 5.41) is 0. The molecule has 0 aliphatic heterocycles. The minimum absolute atomic E-state index is 0. The molecular weight excluding hydrogens is 177 g/mol. The lowest BCUT2D eigenvalue weighted by molar-refractivity contribution is 0.627. The van der Waals surface area contributed by atoms with E-state index in [4.69, 9.17) is 5.73 Å². The number of nitrogens with two attached hydrogens (primary N) is 1. The van der Waals surface area contributed by atoms with Gasteiger partial charge in [-0.1, -0.05) is 12.1 Å². The second-order valence-electron chi connectivity index (χ2n) is 3.06. The molecule has 1 fully saturated rings. The normalized spacial score (nSPS) is 26.2. The summed E-state index contributed by atoms with van der Waals surface area (Å²) in [4.78, 5) is 0. The molecule has 3 heteroatoms. The van der Waals surface area contributed by atoms with Crippen LogP contribution in [0.1, 0.15) is 17.9 Å². The van der Waals surface area contributed by atoms with E-state index < -0.39 is 0 Å². The monoisotopic (exact) mass is 187 g/mol. The van der Waals surface area contributed by atoms with Crippen molar-refractivity contribution in [2.45, 2.75) is 18.4 Å². The second kappa shape index (κ2) is 3.42. The van der Waals surface area contributed by atoms with E-state index in [1.165, 1.54) is 17.7 Å². The van der Waals surface area contributed by atoms with E-state index in [1.54, 1.807) is 0 Å². The maximum atomic E-state index is 12.4. The first-order chi connectivity index (χ1) is 5.27. The predicted molar refractivity (Wildman–Crippen MR) is 49.0 cm³/mol. The highest BCUT2D eigenvalue weighted by molar-refractivity contribution is 5.85. The molecule has 2 N–H and O–H groups in total. The van der Waals surface area contributed by atoms with Gasteiger partial charge in [0.2, 0.25) is 0 Å². The molecule has 12 heavy (non-hydrogen) atoms. The zero-order valence-electron chi connectivity index (χ0n) is 6.53. The van der Waals surface area contributed by atoms with Crippen molar-refractivity contribution in [1.82, 2.24) is 0 Å². The molecule has 1 aromatic rings. The maximum Gasteiger partial charge on any atom is 0.123 e. The summed E-state index contributed by atoms with van der Waals surface area (Å²) >= 11 is 0. The van der Waals surface area contributed by atoms with Gasteiger partial charge in [-0.25, -0.2) is 4.39 Å². The van der Waals surface area contributed by atoms with Crippen LogP contribution in [0.2, 0.25) is 0 Å². The Labute approximate surface area is 77.2 Å². The van der Waals surface area contributed by atoms with Gasteiger partial charge in [-0.2, -0.15) is 0 Å². The van der Waals surface area contributed by atoms with E-state index in [0.29, 0.717) is 12.0 Å². The minimum Gasteiger partial charge on any atom is -0.327 e. The van der Waals surface area contributed by atoms with Crippen LogP contribution in [0.4, 0.5) is 4.39 Å². The van der Waals surface area contributed by atoms with Crippen molar-refractivity contribution in [3.63, 3.8) is 0 Å². The van der Waals surface area contributed by atoms with Gasteiger partial charge in [0, 0.05) is 12.0 Å². The fraction of sp³-hybridized carbons (Fsp3) is 0.333. The van der Waals surface area contributed by atoms with E-state index in [1.807, 2.05) is 12.1 Å². The van der Waals surface area contributed by atoms with Crippen molar-refractivity contribution in [2.75, 3.05) is 0 Å². The number of hydrogen-bond donors (Lipinski definition) is 1. The highest BCUT2D eigenvalue weighted by atomic mass is 35.5. The van der Waals surface area contributed by atoms with Crippen molar-refractivity contribution in [1.29, 1.82) is 0 Å². The first kappa shape index (κ1) is 9.49. The van der Waals surface area contributed by atoms with Crippen molar-refractivity contribution in [3.8, 4) is 0 Å². The Morgan fingerprint density at radius 1 is 1.25 bits per heavy atom. The Morgan fingerprint density at radius 3 is 2.17 bits per heavy atom. The van der Waals surface area contributed by atoms with Crippen LogP contribution in [0, 0.1) is 5.82 Å². The third kappa shape index (κ3) is 1.76. The van der Waals surface area contributed by atoms with Gasteiger partial charge in [0.1, 0.15) is 5.82 Å². The quantitative estimate of drug-likeness (QED) is 0.716.